The maximum absolute atomic E-state index is 5.79. The molecule has 0 aliphatic carbocycles. The maximum Gasteiger partial charge on any atom is 0.183 e. The molecule has 1 N–H and O–H groups in total. The van der Waals surface area contributed by atoms with E-state index in [1.54, 1.807) is 11.3 Å². The predicted molar refractivity (Wildman–Crippen MR) is 64.5 cm³/mol. The molecular weight excluding hydrogens is 230 g/mol. The van der Waals surface area contributed by atoms with Crippen LogP contribution in [0.25, 0.3) is 0 Å². The summed E-state index contributed by atoms with van der Waals surface area (Å²) in [6, 6.07) is 0.665. The Labute approximate surface area is 99.5 Å². The second-order valence-electron chi connectivity index (χ2n) is 4.07. The molecule has 15 heavy (non-hydrogen) atoms. The van der Waals surface area contributed by atoms with Crippen molar-refractivity contribution < 1.29 is 0 Å². The summed E-state index contributed by atoms with van der Waals surface area (Å²) in [5.41, 5.74) is 0. The van der Waals surface area contributed by atoms with Gasteiger partial charge in [0.25, 0.3) is 0 Å². The number of thiazole rings is 1. The molecule has 0 spiro atoms. The van der Waals surface area contributed by atoms with Crippen LogP contribution in [0.5, 0.6) is 0 Å². The minimum atomic E-state index is 0.636. The van der Waals surface area contributed by atoms with Crippen LogP contribution >= 0.6 is 22.9 Å². The van der Waals surface area contributed by atoms with Gasteiger partial charge in [-0.25, -0.2) is 4.98 Å². The van der Waals surface area contributed by atoms with Crippen molar-refractivity contribution in [3.8, 4) is 0 Å². The number of halogens is 1. The fourth-order valence-electron chi connectivity index (χ4n) is 1.98. The molecule has 1 fully saturated rings. The Morgan fingerprint density at radius 3 is 3.20 bits per heavy atom. The van der Waals surface area contributed by atoms with E-state index in [2.05, 4.69) is 22.2 Å². The normalized spacial score (nSPS) is 21.4. The van der Waals surface area contributed by atoms with Gasteiger partial charge in [-0.3, -0.25) is 4.90 Å². The van der Waals surface area contributed by atoms with E-state index in [9.17, 15) is 0 Å². The first-order chi connectivity index (χ1) is 7.24. The fraction of sp³-hybridized carbons (Fsp3) is 0.700. The number of nitrogens with zero attached hydrogens (tertiary/aromatic N) is 2. The summed E-state index contributed by atoms with van der Waals surface area (Å²) >= 11 is 7.36. The van der Waals surface area contributed by atoms with Gasteiger partial charge in [0, 0.05) is 30.2 Å². The summed E-state index contributed by atoms with van der Waals surface area (Å²) in [5, 5.41) is 3.50. The minimum absolute atomic E-state index is 0.636. The Bertz CT molecular complexity index is 309. The van der Waals surface area contributed by atoms with E-state index in [4.69, 9.17) is 11.6 Å². The van der Waals surface area contributed by atoms with Crippen molar-refractivity contribution in [3.63, 3.8) is 0 Å². The predicted octanol–water partition coefficient (Wildman–Crippen LogP) is 1.98. The zero-order chi connectivity index (χ0) is 10.7. The molecule has 1 saturated heterocycles. The molecule has 2 heterocycles. The Morgan fingerprint density at radius 2 is 2.60 bits per heavy atom. The Hall–Kier alpha value is -0.160. The van der Waals surface area contributed by atoms with Crippen LogP contribution in [-0.2, 0) is 6.54 Å². The highest BCUT2D eigenvalue weighted by molar-refractivity contribution is 7.15. The monoisotopic (exact) mass is 245 g/mol. The third-order valence-electron chi connectivity index (χ3n) is 2.65. The van der Waals surface area contributed by atoms with E-state index in [-0.39, 0.29) is 0 Å². The molecule has 5 heteroatoms. The van der Waals surface area contributed by atoms with Gasteiger partial charge in [-0.05, 0) is 26.4 Å². The molecule has 1 atom stereocenters. The van der Waals surface area contributed by atoms with Crippen LogP contribution in [0, 0.1) is 0 Å². The first-order valence-electron chi connectivity index (χ1n) is 5.26. The molecule has 0 amide bonds. The van der Waals surface area contributed by atoms with Gasteiger partial charge < -0.3 is 5.32 Å². The molecule has 84 valence electrons. The average molecular weight is 246 g/mol. The summed E-state index contributed by atoms with van der Waals surface area (Å²) in [4.78, 5) is 7.61. The van der Waals surface area contributed by atoms with Crippen LogP contribution < -0.4 is 5.32 Å². The van der Waals surface area contributed by atoms with E-state index >= 15 is 0 Å². The lowest BCUT2D eigenvalue weighted by Gasteiger charge is -2.19. The number of hydrogen-bond donors (Lipinski definition) is 1. The summed E-state index contributed by atoms with van der Waals surface area (Å²) in [5.74, 6) is 0. The zero-order valence-corrected chi connectivity index (χ0v) is 10.4. The second kappa shape index (κ2) is 5.25. The second-order valence-corrected chi connectivity index (χ2v) is 5.77. The molecule has 1 aliphatic heterocycles. The third-order valence-corrected chi connectivity index (χ3v) is 3.75. The van der Waals surface area contributed by atoms with Gasteiger partial charge in [0.2, 0.25) is 0 Å². The summed E-state index contributed by atoms with van der Waals surface area (Å²) < 4.78 is 0.636. The quantitative estimate of drug-likeness (QED) is 0.879. The molecule has 0 saturated carbocycles. The van der Waals surface area contributed by atoms with Crippen molar-refractivity contribution >= 4 is 22.9 Å². The molecule has 0 bridgehead atoms. The summed E-state index contributed by atoms with van der Waals surface area (Å²) in [6.45, 7) is 3.23. The minimum Gasteiger partial charge on any atom is -0.313 e. The number of aromatic nitrogens is 1. The van der Waals surface area contributed by atoms with Gasteiger partial charge >= 0.3 is 0 Å². The van der Waals surface area contributed by atoms with E-state index in [0.717, 1.165) is 13.1 Å². The molecule has 2 rings (SSSR count). The first-order valence-corrected chi connectivity index (χ1v) is 6.45. The summed E-state index contributed by atoms with van der Waals surface area (Å²) in [7, 11) is 2.15. The van der Waals surface area contributed by atoms with Crippen molar-refractivity contribution in [2.45, 2.75) is 25.4 Å². The van der Waals surface area contributed by atoms with Crippen LogP contribution in [0.2, 0.25) is 4.47 Å². The zero-order valence-electron chi connectivity index (χ0n) is 8.87. The van der Waals surface area contributed by atoms with Crippen molar-refractivity contribution in [2.75, 3.05) is 20.1 Å². The van der Waals surface area contributed by atoms with E-state index in [1.165, 1.54) is 24.3 Å². The van der Waals surface area contributed by atoms with E-state index in [0.29, 0.717) is 10.5 Å². The SMILES string of the molecule is CN(Cc1cnc(Cl)s1)CC1CCCN1. The maximum atomic E-state index is 5.79. The Kier molecular flexibility index (Phi) is 3.97. The van der Waals surface area contributed by atoms with Gasteiger partial charge in [-0.15, -0.1) is 11.3 Å². The van der Waals surface area contributed by atoms with Crippen LogP contribution in [0.1, 0.15) is 17.7 Å². The van der Waals surface area contributed by atoms with Gasteiger partial charge in [-0.2, -0.15) is 0 Å². The molecule has 1 aromatic heterocycles. The Balaban J connectivity index is 1.78. The van der Waals surface area contributed by atoms with Crippen LogP contribution in [0.15, 0.2) is 6.20 Å². The first kappa shape index (κ1) is 11.3. The molecule has 0 radical (unpaired) electrons. The van der Waals surface area contributed by atoms with Gasteiger partial charge in [0.1, 0.15) is 0 Å². The van der Waals surface area contributed by atoms with Crippen molar-refractivity contribution in [1.29, 1.82) is 0 Å². The number of nitrogens with one attached hydrogen (secondary N) is 1. The Morgan fingerprint density at radius 1 is 1.73 bits per heavy atom. The lowest BCUT2D eigenvalue weighted by molar-refractivity contribution is 0.295. The van der Waals surface area contributed by atoms with Gasteiger partial charge in [-0.1, -0.05) is 11.6 Å². The molecule has 1 aliphatic rings. The molecular formula is C10H16ClN3S. The smallest absolute Gasteiger partial charge is 0.183 e. The fourth-order valence-corrected chi connectivity index (χ4v) is 3.03. The lowest BCUT2D eigenvalue weighted by Crippen LogP contribution is -2.34. The number of hydrogen-bond acceptors (Lipinski definition) is 4. The lowest BCUT2D eigenvalue weighted by atomic mass is 10.2. The van der Waals surface area contributed by atoms with Crippen molar-refractivity contribution in [2.24, 2.45) is 0 Å². The topological polar surface area (TPSA) is 28.2 Å². The van der Waals surface area contributed by atoms with E-state index < -0.39 is 0 Å². The van der Waals surface area contributed by atoms with Crippen molar-refractivity contribution in [1.82, 2.24) is 15.2 Å². The number of rotatable bonds is 4. The molecule has 3 nitrogen and oxygen atoms in total. The average Bonchev–Trinajstić information content (AvgIpc) is 2.77. The van der Waals surface area contributed by atoms with Crippen LogP contribution in [0.4, 0.5) is 0 Å². The van der Waals surface area contributed by atoms with E-state index in [1.807, 2.05) is 6.20 Å². The highest BCUT2D eigenvalue weighted by atomic mass is 35.5. The standard InChI is InChI=1S/C10H16ClN3S/c1-14(6-8-3-2-4-12-8)7-9-5-13-10(11)15-9/h5,8,12H,2-4,6-7H2,1H3. The van der Waals surface area contributed by atoms with Crippen molar-refractivity contribution in [3.05, 3.63) is 15.5 Å². The largest absolute Gasteiger partial charge is 0.313 e. The summed E-state index contributed by atoms with van der Waals surface area (Å²) in [6.07, 6.45) is 4.48. The van der Waals surface area contributed by atoms with Crippen LogP contribution in [0.3, 0.4) is 0 Å². The molecule has 0 aromatic carbocycles. The third kappa shape index (κ3) is 3.41. The molecule has 1 aromatic rings. The highest BCUT2D eigenvalue weighted by Crippen LogP contribution is 2.19. The van der Waals surface area contributed by atoms with Gasteiger partial charge in [0.15, 0.2) is 4.47 Å². The van der Waals surface area contributed by atoms with Crippen LogP contribution in [-0.4, -0.2) is 36.1 Å². The number of likely N-dealkylation sites (N-methyl/N-ethyl adjacent to an activating group) is 1. The van der Waals surface area contributed by atoms with Gasteiger partial charge in [0.05, 0.1) is 0 Å². The highest BCUT2D eigenvalue weighted by Gasteiger charge is 2.16. The molecule has 1 unspecified atom stereocenters.